The summed E-state index contributed by atoms with van der Waals surface area (Å²) < 4.78 is 0. The van der Waals surface area contributed by atoms with Crippen LogP contribution in [0, 0.1) is 0 Å². The zero-order valence-electron chi connectivity index (χ0n) is 5.05. The summed E-state index contributed by atoms with van der Waals surface area (Å²) in [7, 11) is 0. The van der Waals surface area contributed by atoms with E-state index in [4.69, 9.17) is 5.11 Å². The summed E-state index contributed by atoms with van der Waals surface area (Å²) in [5.41, 5.74) is 0. The zero-order chi connectivity index (χ0) is 8.31. The minimum atomic E-state index is -2.69. The summed E-state index contributed by atoms with van der Waals surface area (Å²) in [5.74, 6) is -4.29. The Balaban J connectivity index is 0. The molecule has 0 fully saturated rings. The van der Waals surface area contributed by atoms with Crippen LogP contribution in [0.25, 0.3) is 0 Å². The van der Waals surface area contributed by atoms with Crippen LogP contribution in [0.2, 0.25) is 0 Å². The van der Waals surface area contributed by atoms with Crippen LogP contribution < -0.4 is 15.3 Å². The zero-order valence-corrected chi connectivity index (χ0v) is 6.33. The van der Waals surface area contributed by atoms with Gasteiger partial charge in [0.25, 0.3) is 0 Å². The van der Waals surface area contributed by atoms with Crippen molar-refractivity contribution in [2.45, 2.75) is 12.2 Å². The third-order valence-corrected chi connectivity index (χ3v) is 0.761. The van der Waals surface area contributed by atoms with E-state index in [1.807, 2.05) is 0 Å². The van der Waals surface area contributed by atoms with E-state index in [-0.39, 0.29) is 17.4 Å². The second-order valence-corrected chi connectivity index (χ2v) is 1.50. The maximum Gasteiger partial charge on any atom is 3.00 e. The molecule has 0 aromatic carbocycles. The van der Waals surface area contributed by atoms with Crippen molar-refractivity contribution >= 4 is 11.9 Å². The topological polar surface area (TPSA) is 124 Å². The number of rotatable bonds is 3. The van der Waals surface area contributed by atoms with Gasteiger partial charge in [-0.1, -0.05) is 6.10 Å². The molecule has 0 saturated heterocycles. The number of aliphatic hydroxyl groups is 1. The van der Waals surface area contributed by atoms with Gasteiger partial charge < -0.3 is 30.0 Å². The molecule has 0 unspecified atom stereocenters. The summed E-state index contributed by atoms with van der Waals surface area (Å²) in [6, 6.07) is 0. The molecule has 0 heterocycles. The number of aliphatic hydroxyl groups excluding tert-OH is 1. The molecule has 1 radical (unpaired) electrons. The summed E-state index contributed by atoms with van der Waals surface area (Å²) >= 11 is 0. The molecule has 2 atom stereocenters. The van der Waals surface area contributed by atoms with E-state index in [0.29, 0.717) is 0 Å². The Labute approximate surface area is 72.2 Å². The smallest absolute Gasteiger partial charge is 0.846 e. The Morgan fingerprint density at radius 3 is 1.64 bits per heavy atom. The Morgan fingerprint density at radius 1 is 1.18 bits per heavy atom. The molecule has 0 spiro atoms. The van der Waals surface area contributed by atoms with E-state index in [2.05, 4.69) is 0 Å². The molecule has 11 heavy (non-hydrogen) atoms. The second kappa shape index (κ2) is 5.10. The van der Waals surface area contributed by atoms with Gasteiger partial charge in [-0.3, -0.25) is 0 Å². The molecule has 0 amide bonds. The van der Waals surface area contributed by atoms with Gasteiger partial charge in [0.2, 0.25) is 0 Å². The van der Waals surface area contributed by atoms with Gasteiger partial charge in [0, 0.05) is 5.97 Å². The Morgan fingerprint density at radius 2 is 1.55 bits per heavy atom. The summed E-state index contributed by atoms with van der Waals surface area (Å²) in [6.45, 7) is 0. The van der Waals surface area contributed by atoms with E-state index in [1.54, 1.807) is 0 Å². The number of carbonyl (C=O) groups is 2. The monoisotopic (exact) mass is 199 g/mol. The molecule has 0 saturated carbocycles. The van der Waals surface area contributed by atoms with Crippen LogP contribution in [0.4, 0.5) is 0 Å². The normalized spacial score (nSPS) is 14.4. The van der Waals surface area contributed by atoms with Crippen molar-refractivity contribution in [3.8, 4) is 0 Å². The van der Waals surface area contributed by atoms with Gasteiger partial charge in [0.05, 0.1) is 12.1 Å². The average Bonchev–Trinajstić information content (AvgIpc) is 1.84. The van der Waals surface area contributed by atoms with Crippen LogP contribution in [0.15, 0.2) is 0 Å². The molecule has 1 N–H and O–H groups in total. The number of carboxylic acids is 2. The molecular formula is C4H3CrO6. The number of carboxylic acid groups (broad SMARTS) is 2. The van der Waals surface area contributed by atoms with E-state index < -0.39 is 24.1 Å². The largest absolute Gasteiger partial charge is 3.00 e. The molecule has 0 aromatic heterocycles. The van der Waals surface area contributed by atoms with Gasteiger partial charge in [-0.15, -0.1) is 0 Å². The first kappa shape index (κ1) is 13.0. The number of carbonyl (C=O) groups excluding carboxylic acids is 2. The van der Waals surface area contributed by atoms with Crippen LogP contribution in [0.1, 0.15) is 0 Å². The minimum Gasteiger partial charge on any atom is -0.846 e. The fraction of sp³-hybridized carbons (Fsp3) is 0.500. The molecule has 7 heteroatoms. The first-order valence-electron chi connectivity index (χ1n) is 2.22. The van der Waals surface area contributed by atoms with Gasteiger partial charge in [-0.2, -0.15) is 0 Å². The summed E-state index contributed by atoms with van der Waals surface area (Å²) in [4.78, 5) is 19.2. The second-order valence-electron chi connectivity index (χ2n) is 1.50. The molecule has 0 aliphatic heterocycles. The van der Waals surface area contributed by atoms with Crippen molar-refractivity contribution in [3.63, 3.8) is 0 Å². The Bertz CT molecular complexity index is 139. The third kappa shape index (κ3) is 3.95. The molecule has 0 aliphatic carbocycles. The van der Waals surface area contributed by atoms with Gasteiger partial charge in [0.15, 0.2) is 0 Å². The summed E-state index contributed by atoms with van der Waals surface area (Å²) in [5, 5.41) is 37.4. The van der Waals surface area contributed by atoms with Crippen LogP contribution >= 0.6 is 0 Å². The van der Waals surface area contributed by atoms with Crippen molar-refractivity contribution in [2.75, 3.05) is 0 Å². The van der Waals surface area contributed by atoms with Crippen LogP contribution in [0.3, 0.4) is 0 Å². The first-order chi connectivity index (χ1) is 4.46. The predicted octanol–water partition coefficient (Wildman–Crippen LogP) is -5.43. The van der Waals surface area contributed by atoms with Crippen molar-refractivity contribution in [2.24, 2.45) is 0 Å². The first-order valence-corrected chi connectivity index (χ1v) is 2.22. The van der Waals surface area contributed by atoms with E-state index in [1.165, 1.54) is 0 Å². The van der Waals surface area contributed by atoms with Crippen LogP contribution in [0.5, 0.6) is 0 Å². The fourth-order valence-electron chi connectivity index (χ4n) is 0.252. The van der Waals surface area contributed by atoms with Crippen molar-refractivity contribution < 1.29 is 47.4 Å². The summed E-state index contributed by atoms with van der Waals surface area (Å²) in [6.07, 6.45) is -5.24. The molecule has 6 nitrogen and oxygen atoms in total. The number of hydrogen-bond donors (Lipinski definition) is 1. The van der Waals surface area contributed by atoms with Gasteiger partial charge >= 0.3 is 17.4 Å². The number of hydrogen-bond acceptors (Lipinski definition) is 6. The van der Waals surface area contributed by atoms with Crippen LogP contribution in [-0.4, -0.2) is 29.3 Å². The van der Waals surface area contributed by atoms with Gasteiger partial charge in [-0.25, -0.2) is 0 Å². The van der Waals surface area contributed by atoms with Crippen molar-refractivity contribution in [3.05, 3.63) is 0 Å². The molecule has 0 aromatic rings. The van der Waals surface area contributed by atoms with Crippen molar-refractivity contribution in [1.82, 2.24) is 0 Å². The van der Waals surface area contributed by atoms with Gasteiger partial charge in [-0.05, 0) is 0 Å². The molecule has 0 aliphatic rings. The van der Waals surface area contributed by atoms with E-state index in [9.17, 15) is 24.9 Å². The minimum absolute atomic E-state index is 0. The van der Waals surface area contributed by atoms with Crippen LogP contribution in [-0.2, 0) is 27.0 Å². The molecule has 0 bridgehead atoms. The molecule has 0 rings (SSSR count). The SMILES string of the molecule is O=C([O-])[C@H]([O-])[C@@H](O)C(=O)[O-].[Cr+3]. The average molecular weight is 199 g/mol. The maximum atomic E-state index is 10.0. The Hall–Kier alpha value is -0.608. The Kier molecular flexibility index (Phi) is 6.03. The molecular weight excluding hydrogens is 196 g/mol. The predicted molar refractivity (Wildman–Crippen MR) is 19.8 cm³/mol. The fourth-order valence-corrected chi connectivity index (χ4v) is 0.252. The van der Waals surface area contributed by atoms with E-state index >= 15 is 0 Å². The third-order valence-electron chi connectivity index (χ3n) is 0.761. The maximum absolute atomic E-state index is 10.0. The van der Waals surface area contributed by atoms with E-state index in [0.717, 1.165) is 0 Å². The van der Waals surface area contributed by atoms with Gasteiger partial charge in [0.1, 0.15) is 0 Å². The number of aliphatic carboxylic acids is 2. The van der Waals surface area contributed by atoms with Crippen molar-refractivity contribution in [1.29, 1.82) is 0 Å². The molecule has 61 valence electrons. The quantitative estimate of drug-likeness (QED) is 0.483. The standard InChI is InChI=1S/C4H5O6.Cr/c5-1(3(7)8)2(6)4(9)10;/h1-2,5H,(H,7,8)(H,9,10);/q-1;+3/p-2/t1-,2-;/m1./s1.